The third-order valence-electron chi connectivity index (χ3n) is 3.92. The molecule has 128 valence electrons. The summed E-state index contributed by atoms with van der Waals surface area (Å²) >= 11 is 0. The number of hydrogen-bond donors (Lipinski definition) is 2. The van der Waals surface area contributed by atoms with Crippen molar-refractivity contribution < 1.29 is 9.72 Å². The number of aryl methyl sites for hydroxylation is 2. The monoisotopic (exact) mass is 331 g/mol. The standard InChI is InChI=1S/C16H21N5O3/c1-10(15-11(2)19-20(4)12(15)3)18-16(22)17-9-13-6-5-7-14(8-13)21(23)24/h5-8,10H,9H2,1-4H3,(H2,17,18,22)/t10-/m0/s1. The molecule has 0 unspecified atom stereocenters. The molecule has 0 saturated heterocycles. The number of nitrogens with zero attached hydrogens (tertiary/aromatic N) is 3. The first kappa shape index (κ1) is 17.5. The summed E-state index contributed by atoms with van der Waals surface area (Å²) in [6.45, 7) is 5.96. The Kier molecular flexibility index (Phi) is 5.18. The summed E-state index contributed by atoms with van der Waals surface area (Å²) in [6.07, 6.45) is 0. The summed E-state index contributed by atoms with van der Waals surface area (Å²) < 4.78 is 1.78. The Labute approximate surface area is 140 Å². The molecule has 0 bridgehead atoms. The van der Waals surface area contributed by atoms with E-state index in [-0.39, 0.29) is 24.3 Å². The van der Waals surface area contributed by atoms with E-state index in [0.717, 1.165) is 17.0 Å². The maximum atomic E-state index is 12.1. The molecule has 2 N–H and O–H groups in total. The second-order valence-electron chi connectivity index (χ2n) is 5.68. The van der Waals surface area contributed by atoms with Crippen LogP contribution < -0.4 is 10.6 Å². The lowest BCUT2D eigenvalue weighted by atomic mass is 10.1. The van der Waals surface area contributed by atoms with E-state index in [1.54, 1.807) is 16.8 Å². The average molecular weight is 331 g/mol. The third-order valence-corrected chi connectivity index (χ3v) is 3.92. The number of urea groups is 1. The molecule has 0 radical (unpaired) electrons. The van der Waals surface area contributed by atoms with Crippen LogP contribution in [0.2, 0.25) is 0 Å². The average Bonchev–Trinajstić information content (AvgIpc) is 2.78. The first-order valence-corrected chi connectivity index (χ1v) is 7.57. The number of nitro benzene ring substituents is 1. The van der Waals surface area contributed by atoms with Gasteiger partial charge in [-0.25, -0.2) is 4.79 Å². The number of carbonyl (C=O) groups excluding carboxylic acids is 1. The fraction of sp³-hybridized carbons (Fsp3) is 0.375. The Morgan fingerprint density at radius 2 is 2.12 bits per heavy atom. The molecule has 0 fully saturated rings. The van der Waals surface area contributed by atoms with Crippen molar-refractivity contribution in [1.29, 1.82) is 0 Å². The smallest absolute Gasteiger partial charge is 0.315 e. The van der Waals surface area contributed by atoms with Crippen LogP contribution in [0, 0.1) is 24.0 Å². The number of benzene rings is 1. The molecule has 2 amide bonds. The maximum Gasteiger partial charge on any atom is 0.315 e. The van der Waals surface area contributed by atoms with E-state index in [4.69, 9.17) is 0 Å². The van der Waals surface area contributed by atoms with Crippen LogP contribution >= 0.6 is 0 Å². The number of nitrogens with one attached hydrogen (secondary N) is 2. The summed E-state index contributed by atoms with van der Waals surface area (Å²) in [5, 5.41) is 20.7. The van der Waals surface area contributed by atoms with Gasteiger partial charge in [-0.1, -0.05) is 12.1 Å². The molecule has 1 heterocycles. The molecule has 2 rings (SSSR count). The molecular weight excluding hydrogens is 310 g/mol. The zero-order chi connectivity index (χ0) is 17.9. The Hall–Kier alpha value is -2.90. The van der Waals surface area contributed by atoms with Gasteiger partial charge in [-0.2, -0.15) is 5.10 Å². The molecule has 0 aliphatic heterocycles. The molecule has 8 nitrogen and oxygen atoms in total. The maximum absolute atomic E-state index is 12.1. The van der Waals surface area contributed by atoms with Crippen molar-refractivity contribution in [2.24, 2.45) is 7.05 Å². The largest absolute Gasteiger partial charge is 0.334 e. The summed E-state index contributed by atoms with van der Waals surface area (Å²) in [7, 11) is 1.86. The molecule has 0 aliphatic carbocycles. The highest BCUT2D eigenvalue weighted by Gasteiger charge is 2.18. The predicted molar refractivity (Wildman–Crippen MR) is 89.6 cm³/mol. The molecule has 2 aromatic rings. The zero-order valence-electron chi connectivity index (χ0n) is 14.2. The van der Waals surface area contributed by atoms with Crippen molar-refractivity contribution in [1.82, 2.24) is 20.4 Å². The quantitative estimate of drug-likeness (QED) is 0.649. The van der Waals surface area contributed by atoms with Gasteiger partial charge >= 0.3 is 6.03 Å². The molecule has 0 saturated carbocycles. The molecule has 0 aliphatic rings. The van der Waals surface area contributed by atoms with E-state index >= 15 is 0 Å². The minimum atomic E-state index is -0.459. The van der Waals surface area contributed by atoms with E-state index in [1.165, 1.54) is 12.1 Å². The highest BCUT2D eigenvalue weighted by atomic mass is 16.6. The first-order chi connectivity index (χ1) is 11.3. The van der Waals surface area contributed by atoms with Crippen molar-refractivity contribution in [3.05, 3.63) is 56.9 Å². The summed E-state index contributed by atoms with van der Waals surface area (Å²) in [4.78, 5) is 22.4. The van der Waals surface area contributed by atoms with Gasteiger partial charge in [0.25, 0.3) is 5.69 Å². The molecule has 1 aromatic heterocycles. The van der Waals surface area contributed by atoms with Gasteiger partial charge in [-0.3, -0.25) is 14.8 Å². The van der Waals surface area contributed by atoms with E-state index in [2.05, 4.69) is 15.7 Å². The number of aromatic nitrogens is 2. The minimum Gasteiger partial charge on any atom is -0.334 e. The van der Waals surface area contributed by atoms with Crippen LogP contribution in [0.1, 0.15) is 35.5 Å². The van der Waals surface area contributed by atoms with Crippen LogP contribution in [0.3, 0.4) is 0 Å². The molecular formula is C16H21N5O3. The number of rotatable bonds is 5. The van der Waals surface area contributed by atoms with E-state index < -0.39 is 4.92 Å². The van der Waals surface area contributed by atoms with Gasteiger partial charge in [0.2, 0.25) is 0 Å². The number of amides is 2. The molecule has 1 aromatic carbocycles. The number of non-ortho nitro benzene ring substituents is 1. The minimum absolute atomic E-state index is 0.00434. The van der Waals surface area contributed by atoms with Crippen molar-refractivity contribution in [2.45, 2.75) is 33.4 Å². The van der Waals surface area contributed by atoms with E-state index in [9.17, 15) is 14.9 Å². The van der Waals surface area contributed by atoms with Crippen LogP contribution in [-0.4, -0.2) is 20.7 Å². The summed E-state index contributed by atoms with van der Waals surface area (Å²) in [6, 6.07) is 5.66. The van der Waals surface area contributed by atoms with Gasteiger partial charge in [-0.05, 0) is 26.3 Å². The van der Waals surface area contributed by atoms with Crippen LogP contribution in [0.5, 0.6) is 0 Å². The number of nitro groups is 1. The predicted octanol–water partition coefficient (Wildman–Crippen LogP) is 2.51. The molecule has 1 atom stereocenters. The Balaban J connectivity index is 1.96. The van der Waals surface area contributed by atoms with Crippen LogP contribution in [0.25, 0.3) is 0 Å². The highest BCUT2D eigenvalue weighted by Crippen LogP contribution is 2.20. The summed E-state index contributed by atoms with van der Waals surface area (Å²) in [5.74, 6) is 0. The fourth-order valence-electron chi connectivity index (χ4n) is 2.70. The van der Waals surface area contributed by atoms with Crippen molar-refractivity contribution in [2.75, 3.05) is 0 Å². The van der Waals surface area contributed by atoms with Crippen molar-refractivity contribution in [3.63, 3.8) is 0 Å². The molecule has 8 heteroatoms. The summed E-state index contributed by atoms with van der Waals surface area (Å²) in [5.41, 5.74) is 3.54. The van der Waals surface area contributed by atoms with E-state index in [0.29, 0.717) is 5.56 Å². The Morgan fingerprint density at radius 3 is 2.71 bits per heavy atom. The highest BCUT2D eigenvalue weighted by molar-refractivity contribution is 5.74. The normalized spacial score (nSPS) is 11.8. The van der Waals surface area contributed by atoms with Crippen LogP contribution in [-0.2, 0) is 13.6 Å². The lowest BCUT2D eigenvalue weighted by Gasteiger charge is -2.15. The molecule has 24 heavy (non-hydrogen) atoms. The Bertz CT molecular complexity index is 769. The van der Waals surface area contributed by atoms with Gasteiger partial charge < -0.3 is 10.6 Å². The SMILES string of the molecule is Cc1nn(C)c(C)c1[C@H](C)NC(=O)NCc1cccc([N+](=O)[O-])c1. The Morgan fingerprint density at radius 1 is 1.42 bits per heavy atom. The van der Waals surface area contributed by atoms with Crippen molar-refractivity contribution in [3.8, 4) is 0 Å². The van der Waals surface area contributed by atoms with Gasteiger partial charge in [0.1, 0.15) is 0 Å². The van der Waals surface area contributed by atoms with Crippen molar-refractivity contribution >= 4 is 11.7 Å². The second-order valence-corrected chi connectivity index (χ2v) is 5.68. The number of carbonyl (C=O) groups is 1. The first-order valence-electron chi connectivity index (χ1n) is 7.57. The van der Waals surface area contributed by atoms with Crippen LogP contribution in [0.4, 0.5) is 10.5 Å². The van der Waals surface area contributed by atoms with Gasteiger partial charge in [0, 0.05) is 37.0 Å². The lowest BCUT2D eigenvalue weighted by molar-refractivity contribution is -0.384. The van der Waals surface area contributed by atoms with Gasteiger partial charge in [0.15, 0.2) is 0 Å². The molecule has 0 spiro atoms. The van der Waals surface area contributed by atoms with Gasteiger partial charge in [-0.15, -0.1) is 0 Å². The fourth-order valence-corrected chi connectivity index (χ4v) is 2.70. The number of hydrogen-bond acceptors (Lipinski definition) is 4. The third kappa shape index (κ3) is 3.89. The zero-order valence-corrected chi connectivity index (χ0v) is 14.2. The van der Waals surface area contributed by atoms with E-state index in [1.807, 2.05) is 27.8 Å². The topological polar surface area (TPSA) is 102 Å². The van der Waals surface area contributed by atoms with Crippen LogP contribution in [0.15, 0.2) is 24.3 Å². The second kappa shape index (κ2) is 7.12. The van der Waals surface area contributed by atoms with Gasteiger partial charge in [0.05, 0.1) is 16.7 Å². The lowest BCUT2D eigenvalue weighted by Crippen LogP contribution is -2.37.